The second kappa shape index (κ2) is 5.46. The Labute approximate surface area is 98.7 Å². The number of nitrogens with one attached hydrogen (secondary N) is 1. The molecular weight excluding hydrogens is 196 g/mol. The predicted octanol–water partition coefficient (Wildman–Crippen LogP) is 2.18. The van der Waals surface area contributed by atoms with Crippen molar-refractivity contribution in [2.24, 2.45) is 0 Å². The van der Waals surface area contributed by atoms with Crippen LogP contribution in [0.3, 0.4) is 0 Å². The van der Waals surface area contributed by atoms with Gasteiger partial charge in [-0.3, -0.25) is 0 Å². The molecule has 88 valence electrons. The van der Waals surface area contributed by atoms with Crippen LogP contribution in [0.5, 0.6) is 0 Å². The van der Waals surface area contributed by atoms with Crippen LogP contribution in [0.2, 0.25) is 0 Å². The third-order valence-corrected chi connectivity index (χ3v) is 3.40. The summed E-state index contributed by atoms with van der Waals surface area (Å²) < 4.78 is 0. The number of hydrogen-bond acceptors (Lipinski definition) is 2. The largest absolute Gasteiger partial charge is 0.313 e. The van der Waals surface area contributed by atoms with E-state index in [0.29, 0.717) is 6.04 Å². The Hall–Kier alpha value is -0.860. The fraction of sp³-hybridized carbons (Fsp3) is 0.571. The van der Waals surface area contributed by atoms with Crippen molar-refractivity contribution in [1.29, 1.82) is 0 Å². The monoisotopic (exact) mass is 218 g/mol. The van der Waals surface area contributed by atoms with Crippen molar-refractivity contribution >= 4 is 0 Å². The van der Waals surface area contributed by atoms with Crippen molar-refractivity contribution in [3.05, 3.63) is 35.4 Å². The Morgan fingerprint density at radius 2 is 2.19 bits per heavy atom. The van der Waals surface area contributed by atoms with E-state index in [1.54, 1.807) is 0 Å². The van der Waals surface area contributed by atoms with Crippen LogP contribution in [0.15, 0.2) is 24.3 Å². The summed E-state index contributed by atoms with van der Waals surface area (Å²) in [7, 11) is 2.21. The smallest absolute Gasteiger partial charge is 0.0233 e. The first-order chi connectivity index (χ1) is 7.75. The highest BCUT2D eigenvalue weighted by Gasteiger charge is 2.15. The first kappa shape index (κ1) is 11.6. The number of aryl methyl sites for hydroxylation is 1. The van der Waals surface area contributed by atoms with Crippen molar-refractivity contribution in [3.63, 3.8) is 0 Å². The highest BCUT2D eigenvalue weighted by Crippen LogP contribution is 2.11. The van der Waals surface area contributed by atoms with Crippen LogP contribution < -0.4 is 5.32 Å². The molecule has 0 amide bonds. The van der Waals surface area contributed by atoms with Crippen LogP contribution in [-0.4, -0.2) is 31.1 Å². The number of nitrogens with zero attached hydrogens (tertiary/aromatic N) is 1. The first-order valence-electron chi connectivity index (χ1n) is 6.22. The normalized spacial score (nSPS) is 20.6. The third-order valence-electron chi connectivity index (χ3n) is 3.40. The molecule has 1 atom stereocenters. The zero-order valence-electron chi connectivity index (χ0n) is 10.4. The van der Waals surface area contributed by atoms with Gasteiger partial charge in [-0.2, -0.15) is 0 Å². The van der Waals surface area contributed by atoms with Gasteiger partial charge in [0.25, 0.3) is 0 Å². The summed E-state index contributed by atoms with van der Waals surface area (Å²) >= 11 is 0. The quantitative estimate of drug-likeness (QED) is 0.833. The average molecular weight is 218 g/mol. The van der Waals surface area contributed by atoms with Crippen LogP contribution in [0, 0.1) is 6.92 Å². The van der Waals surface area contributed by atoms with Crippen LogP contribution in [0.4, 0.5) is 0 Å². The van der Waals surface area contributed by atoms with Crippen molar-refractivity contribution in [1.82, 2.24) is 10.2 Å². The highest BCUT2D eigenvalue weighted by molar-refractivity contribution is 5.25. The minimum absolute atomic E-state index is 0.703. The van der Waals surface area contributed by atoms with E-state index in [-0.39, 0.29) is 0 Å². The van der Waals surface area contributed by atoms with Gasteiger partial charge in [-0.25, -0.2) is 0 Å². The summed E-state index contributed by atoms with van der Waals surface area (Å²) in [6.07, 6.45) is 2.67. The fourth-order valence-corrected chi connectivity index (χ4v) is 2.43. The molecule has 2 nitrogen and oxygen atoms in total. The number of likely N-dealkylation sites (N-methyl/N-ethyl adjacent to an activating group) is 1. The Morgan fingerprint density at radius 1 is 1.38 bits per heavy atom. The standard InChI is InChI=1S/C14H22N2/c1-12-6-3-4-7-13(12)10-16(2)11-14-8-5-9-15-14/h3-4,6-7,14-15H,5,8-11H2,1-2H3/t14-/m1/s1. The van der Waals surface area contributed by atoms with Gasteiger partial charge in [-0.05, 0) is 44.5 Å². The van der Waals surface area contributed by atoms with E-state index in [2.05, 4.69) is 48.5 Å². The maximum Gasteiger partial charge on any atom is 0.0233 e. The van der Waals surface area contributed by atoms with Gasteiger partial charge in [0.2, 0.25) is 0 Å². The molecule has 0 aliphatic carbocycles. The van der Waals surface area contributed by atoms with E-state index in [4.69, 9.17) is 0 Å². The molecule has 2 heteroatoms. The maximum atomic E-state index is 3.55. The molecule has 1 fully saturated rings. The Morgan fingerprint density at radius 3 is 2.88 bits per heavy atom. The summed E-state index contributed by atoms with van der Waals surface area (Å²) in [5.41, 5.74) is 2.84. The molecule has 0 bridgehead atoms. The zero-order valence-corrected chi connectivity index (χ0v) is 10.4. The molecule has 2 rings (SSSR count). The summed E-state index contributed by atoms with van der Waals surface area (Å²) in [6.45, 7) is 5.61. The molecule has 16 heavy (non-hydrogen) atoms. The maximum absolute atomic E-state index is 3.55. The van der Waals surface area contributed by atoms with Crippen LogP contribution in [-0.2, 0) is 6.54 Å². The molecule has 0 radical (unpaired) electrons. The number of rotatable bonds is 4. The van der Waals surface area contributed by atoms with Gasteiger partial charge in [0.05, 0.1) is 0 Å². The molecule has 0 aromatic heterocycles. The first-order valence-corrected chi connectivity index (χ1v) is 6.22. The molecule has 1 N–H and O–H groups in total. The molecule has 1 aliphatic heterocycles. The molecule has 1 aromatic rings. The van der Waals surface area contributed by atoms with E-state index in [1.165, 1.54) is 30.5 Å². The molecule has 1 aliphatic rings. The molecule has 0 unspecified atom stereocenters. The average Bonchev–Trinajstić information content (AvgIpc) is 2.74. The summed E-state index contributed by atoms with van der Waals surface area (Å²) in [5.74, 6) is 0. The van der Waals surface area contributed by atoms with Crippen LogP contribution >= 0.6 is 0 Å². The van der Waals surface area contributed by atoms with E-state index in [1.807, 2.05) is 0 Å². The lowest BCUT2D eigenvalue weighted by Gasteiger charge is -2.21. The van der Waals surface area contributed by atoms with Gasteiger partial charge in [0.1, 0.15) is 0 Å². The third kappa shape index (κ3) is 3.06. The van der Waals surface area contributed by atoms with Gasteiger partial charge < -0.3 is 10.2 Å². The summed E-state index contributed by atoms with van der Waals surface area (Å²) in [5, 5.41) is 3.55. The molecule has 1 aromatic carbocycles. The Balaban J connectivity index is 1.86. The van der Waals surface area contributed by atoms with Crippen LogP contribution in [0.25, 0.3) is 0 Å². The van der Waals surface area contributed by atoms with Crippen molar-refractivity contribution in [2.75, 3.05) is 20.1 Å². The van der Waals surface area contributed by atoms with Gasteiger partial charge in [0, 0.05) is 19.1 Å². The molecule has 0 saturated carbocycles. The minimum Gasteiger partial charge on any atom is -0.313 e. The van der Waals surface area contributed by atoms with Gasteiger partial charge in [-0.1, -0.05) is 24.3 Å². The van der Waals surface area contributed by atoms with E-state index >= 15 is 0 Å². The number of benzene rings is 1. The van der Waals surface area contributed by atoms with E-state index in [0.717, 1.165) is 13.1 Å². The van der Waals surface area contributed by atoms with E-state index < -0.39 is 0 Å². The zero-order chi connectivity index (χ0) is 11.4. The second-order valence-corrected chi connectivity index (χ2v) is 4.92. The lowest BCUT2D eigenvalue weighted by atomic mass is 10.1. The summed E-state index contributed by atoms with van der Waals surface area (Å²) in [4.78, 5) is 2.42. The van der Waals surface area contributed by atoms with Gasteiger partial charge in [-0.15, -0.1) is 0 Å². The van der Waals surface area contributed by atoms with Crippen molar-refractivity contribution in [2.45, 2.75) is 32.4 Å². The van der Waals surface area contributed by atoms with Gasteiger partial charge in [0.15, 0.2) is 0 Å². The fourth-order valence-electron chi connectivity index (χ4n) is 2.43. The Kier molecular flexibility index (Phi) is 3.97. The van der Waals surface area contributed by atoms with Crippen LogP contribution in [0.1, 0.15) is 24.0 Å². The number of hydrogen-bond donors (Lipinski definition) is 1. The predicted molar refractivity (Wildman–Crippen MR) is 68.5 cm³/mol. The minimum atomic E-state index is 0.703. The molecule has 1 saturated heterocycles. The SMILES string of the molecule is Cc1ccccc1CN(C)C[C@H]1CCCN1. The molecule has 1 heterocycles. The summed E-state index contributed by atoms with van der Waals surface area (Å²) in [6, 6.07) is 9.36. The van der Waals surface area contributed by atoms with E-state index in [9.17, 15) is 0 Å². The highest BCUT2D eigenvalue weighted by atomic mass is 15.1. The second-order valence-electron chi connectivity index (χ2n) is 4.92. The lowest BCUT2D eigenvalue weighted by Crippen LogP contribution is -2.35. The molecule has 0 spiro atoms. The topological polar surface area (TPSA) is 15.3 Å². The lowest BCUT2D eigenvalue weighted by molar-refractivity contribution is 0.293. The van der Waals surface area contributed by atoms with Crippen molar-refractivity contribution < 1.29 is 0 Å². The molecular formula is C14H22N2. The van der Waals surface area contributed by atoms with Crippen molar-refractivity contribution in [3.8, 4) is 0 Å². The Bertz CT molecular complexity index is 329. The van der Waals surface area contributed by atoms with Gasteiger partial charge >= 0.3 is 0 Å².